The third-order valence-electron chi connectivity index (χ3n) is 9.22. The molecule has 2 amide bonds. The van der Waals surface area contributed by atoms with Crippen LogP contribution in [-0.2, 0) is 66.3 Å². The second-order valence-electron chi connectivity index (χ2n) is 13.3. The highest BCUT2D eigenvalue weighted by molar-refractivity contribution is 5.96. The Hall–Kier alpha value is -7.14. The van der Waals surface area contributed by atoms with E-state index in [0.29, 0.717) is 11.1 Å². The molecule has 0 heterocycles. The maximum absolute atomic E-state index is 14.3. The predicted molar refractivity (Wildman–Crippen MR) is 221 cm³/mol. The van der Waals surface area contributed by atoms with Gasteiger partial charge in [0.1, 0.15) is 0 Å². The zero-order valence-corrected chi connectivity index (χ0v) is 31.8. The Morgan fingerprint density at radius 2 is 0.638 bits per heavy atom. The second-order valence-corrected chi connectivity index (χ2v) is 13.3. The van der Waals surface area contributed by atoms with Crippen molar-refractivity contribution in [3.8, 4) is 0 Å². The van der Waals surface area contributed by atoms with Crippen LogP contribution in [0.15, 0.2) is 194 Å². The molecule has 0 saturated carbocycles. The summed E-state index contributed by atoms with van der Waals surface area (Å²) in [4.78, 5) is 56.2. The lowest BCUT2D eigenvalue weighted by Crippen LogP contribution is -2.57. The van der Waals surface area contributed by atoms with Crippen molar-refractivity contribution in [3.63, 3.8) is 0 Å². The molecule has 0 aliphatic carbocycles. The smallest absolute Gasteiger partial charge is 0.333 e. The second kappa shape index (κ2) is 20.1. The van der Waals surface area contributed by atoms with Crippen LogP contribution in [0.1, 0.15) is 33.4 Å². The number of benzene rings is 6. The Labute approximate surface area is 337 Å². The average molecular weight is 773 g/mol. The van der Waals surface area contributed by atoms with Gasteiger partial charge in [0.15, 0.2) is 0 Å². The highest BCUT2D eigenvalue weighted by atomic mass is 16.6. The number of amides is 2. The van der Waals surface area contributed by atoms with E-state index >= 15 is 0 Å². The number of hydrogen-bond acceptors (Lipinski definition) is 8. The van der Waals surface area contributed by atoms with Crippen LogP contribution < -0.4 is 21.3 Å². The van der Waals surface area contributed by atoms with Crippen LogP contribution in [0.5, 0.6) is 0 Å². The molecule has 2 atom stereocenters. The van der Waals surface area contributed by atoms with Crippen LogP contribution in [-0.4, -0.2) is 23.8 Å². The first-order valence-electron chi connectivity index (χ1n) is 18.8. The lowest BCUT2D eigenvalue weighted by atomic mass is 10.00. The molecule has 0 bridgehead atoms. The van der Waals surface area contributed by atoms with Crippen LogP contribution in [0.3, 0.4) is 0 Å². The first-order valence-corrected chi connectivity index (χ1v) is 18.8. The van der Waals surface area contributed by atoms with Crippen LogP contribution in [0.2, 0.25) is 0 Å². The summed E-state index contributed by atoms with van der Waals surface area (Å²) < 4.78 is 12.1. The summed E-state index contributed by atoms with van der Waals surface area (Å²) in [5, 5.41) is 12.2. The predicted octanol–water partition coefficient (Wildman–Crippen LogP) is 6.55. The molecule has 292 valence electrons. The van der Waals surface area contributed by atoms with Gasteiger partial charge >= 0.3 is 11.9 Å². The Morgan fingerprint density at radius 3 is 0.931 bits per heavy atom. The highest BCUT2D eigenvalue weighted by Gasteiger charge is 2.45. The number of esters is 2. The fourth-order valence-electron chi connectivity index (χ4n) is 6.21. The van der Waals surface area contributed by atoms with E-state index < -0.39 is 35.2 Å². The number of hydrogen-bond donors (Lipinski definition) is 4. The Bertz CT molecular complexity index is 2100. The Kier molecular flexibility index (Phi) is 14.1. The van der Waals surface area contributed by atoms with Gasteiger partial charge < -0.3 is 20.1 Å². The fourth-order valence-corrected chi connectivity index (χ4v) is 6.21. The molecule has 4 N–H and O–H groups in total. The number of carbonyl (C=O) groups is 4. The van der Waals surface area contributed by atoms with Crippen molar-refractivity contribution in [2.24, 2.45) is 0 Å². The fraction of sp³-hybridized carbons (Fsp3) is 0.125. The molecule has 0 fully saturated rings. The summed E-state index contributed by atoms with van der Waals surface area (Å²) in [6.45, 7) is 0.617. The van der Waals surface area contributed by atoms with Crippen molar-refractivity contribution in [1.29, 1.82) is 0 Å². The summed E-state index contributed by atoms with van der Waals surface area (Å²) in [6, 6.07) is 54.6. The third kappa shape index (κ3) is 10.8. The molecule has 0 spiro atoms. The summed E-state index contributed by atoms with van der Waals surface area (Å²) in [5.74, 6) is -3.31. The Balaban J connectivity index is 1.29. The van der Waals surface area contributed by atoms with Crippen LogP contribution in [0.25, 0.3) is 0 Å². The largest absolute Gasteiger partial charge is 0.427 e. The highest BCUT2D eigenvalue weighted by Crippen LogP contribution is 2.27. The van der Waals surface area contributed by atoms with Gasteiger partial charge in [-0.3, -0.25) is 20.2 Å². The van der Waals surface area contributed by atoms with E-state index in [4.69, 9.17) is 9.47 Å². The van der Waals surface area contributed by atoms with Gasteiger partial charge in [-0.05, 0) is 22.3 Å². The van der Waals surface area contributed by atoms with Gasteiger partial charge in [0, 0.05) is 49.5 Å². The van der Waals surface area contributed by atoms with E-state index in [1.807, 2.05) is 121 Å². The lowest BCUT2D eigenvalue weighted by Gasteiger charge is -2.33. The summed E-state index contributed by atoms with van der Waals surface area (Å²) in [7, 11) is 0. The number of nitrogens with one attached hydrogen (secondary N) is 4. The van der Waals surface area contributed by atoms with Crippen LogP contribution in [0.4, 0.5) is 0 Å². The summed E-state index contributed by atoms with van der Waals surface area (Å²) in [5.41, 5.74) is -0.0117. The molecule has 0 aliphatic heterocycles. The summed E-state index contributed by atoms with van der Waals surface area (Å²) in [6.07, 6.45) is 1.76. The van der Waals surface area contributed by atoms with Crippen molar-refractivity contribution in [2.75, 3.05) is 0 Å². The van der Waals surface area contributed by atoms with E-state index in [2.05, 4.69) is 21.3 Å². The molecule has 2 unspecified atom stereocenters. The molecule has 6 rings (SSSR count). The molecule has 10 nitrogen and oxygen atoms in total. The number of rotatable bonds is 18. The maximum Gasteiger partial charge on any atom is 0.333 e. The van der Waals surface area contributed by atoms with Gasteiger partial charge in [-0.25, -0.2) is 9.59 Å². The molecule has 0 radical (unpaired) electrons. The first kappa shape index (κ1) is 40.5. The number of carbonyl (C=O) groups excluding carboxylic acids is 4. The minimum Gasteiger partial charge on any atom is -0.427 e. The topological polar surface area (TPSA) is 135 Å². The van der Waals surface area contributed by atoms with Crippen molar-refractivity contribution < 1.29 is 28.7 Å². The van der Waals surface area contributed by atoms with Crippen LogP contribution >= 0.6 is 0 Å². The first-order chi connectivity index (χ1) is 28.4. The molecule has 0 aliphatic rings. The minimum absolute atomic E-state index is 0.151. The van der Waals surface area contributed by atoms with E-state index in [1.165, 1.54) is 0 Å². The number of ether oxygens (including phenoxy) is 2. The average Bonchev–Trinajstić information content (AvgIpc) is 3.29. The SMILES string of the molecule is O=C(/C=C/C(=O)OC(NCc1ccccc1)(C(=O)NCc1ccccc1)c1ccccc1)OC(NCc1ccccc1)(C(=O)NCc1ccccc1)c1ccccc1. The van der Waals surface area contributed by atoms with E-state index in [-0.39, 0.29) is 26.2 Å². The molecule has 0 saturated heterocycles. The zero-order chi connectivity index (χ0) is 40.5. The van der Waals surface area contributed by atoms with Gasteiger partial charge in [-0.1, -0.05) is 182 Å². The molecule has 0 aromatic heterocycles. The van der Waals surface area contributed by atoms with E-state index in [1.54, 1.807) is 60.7 Å². The molecule has 6 aromatic rings. The minimum atomic E-state index is -2.03. The van der Waals surface area contributed by atoms with Gasteiger partial charge in [-0.15, -0.1) is 0 Å². The molecular weight excluding hydrogens is 729 g/mol. The maximum atomic E-state index is 14.3. The van der Waals surface area contributed by atoms with Gasteiger partial charge in [0.05, 0.1) is 0 Å². The van der Waals surface area contributed by atoms with Crippen molar-refractivity contribution in [3.05, 3.63) is 228 Å². The normalized spacial score (nSPS) is 13.0. The molecule has 6 aromatic carbocycles. The van der Waals surface area contributed by atoms with Gasteiger partial charge in [0.2, 0.25) is 0 Å². The Morgan fingerprint density at radius 1 is 0.379 bits per heavy atom. The van der Waals surface area contributed by atoms with Crippen molar-refractivity contribution >= 4 is 23.8 Å². The van der Waals surface area contributed by atoms with Crippen LogP contribution in [0, 0.1) is 0 Å². The van der Waals surface area contributed by atoms with Crippen molar-refractivity contribution in [1.82, 2.24) is 21.3 Å². The molecular formula is C48H44N4O6. The standard InChI is InChI=1S/C48H44N4O6/c53-43(57-47(41-27-15-5-16-28-41,51-35-39-23-11-3-12-24-39)45(55)49-33-37-19-7-1-8-20-37)31-32-44(54)58-48(42-29-17-6-18-30-42,52-36-40-25-13-4-14-26-40)46(56)50-34-38-21-9-2-10-22-38/h1-32,51-52H,33-36H2,(H,49,55)(H,50,56)/b32-31+. The van der Waals surface area contributed by atoms with Crippen molar-refractivity contribution in [2.45, 2.75) is 37.6 Å². The van der Waals surface area contributed by atoms with E-state index in [9.17, 15) is 19.2 Å². The summed E-state index contributed by atoms with van der Waals surface area (Å²) >= 11 is 0. The van der Waals surface area contributed by atoms with Gasteiger partial charge in [-0.2, -0.15) is 0 Å². The molecule has 58 heavy (non-hydrogen) atoms. The zero-order valence-electron chi connectivity index (χ0n) is 31.8. The molecule has 10 heteroatoms. The quantitative estimate of drug-likeness (QED) is 0.0440. The van der Waals surface area contributed by atoms with Gasteiger partial charge in [0.25, 0.3) is 23.3 Å². The lowest BCUT2D eigenvalue weighted by molar-refractivity contribution is -0.172. The van der Waals surface area contributed by atoms with E-state index in [0.717, 1.165) is 34.4 Å². The third-order valence-corrected chi connectivity index (χ3v) is 9.22. The monoisotopic (exact) mass is 772 g/mol.